The van der Waals surface area contributed by atoms with Crippen LogP contribution in [0.1, 0.15) is 0 Å². The molecule has 0 atom stereocenters. The van der Waals surface area contributed by atoms with Crippen LogP contribution in [-0.4, -0.2) is 0 Å². The van der Waals surface area contributed by atoms with Crippen LogP contribution in [-0.2, 0) is 0 Å². The molecule has 0 saturated heterocycles. The van der Waals surface area contributed by atoms with Gasteiger partial charge in [0.05, 0.1) is 0 Å². The fourth-order valence-corrected chi connectivity index (χ4v) is 1.11. The van der Waals surface area contributed by atoms with Crippen LogP contribution in [0.3, 0.4) is 0 Å². The van der Waals surface area contributed by atoms with Gasteiger partial charge in [0.2, 0.25) is 0 Å². The Bertz CT molecular complexity index is 451. The van der Waals surface area contributed by atoms with Crippen LogP contribution in [0.2, 0.25) is 0 Å². The quantitative estimate of drug-likeness (QED) is 0.728. The molecule has 2 aromatic rings. The number of halogens is 2. The predicted octanol–water partition coefficient (Wildman–Crippen LogP) is 3.56. The molecule has 2 aromatic carbocycles. The largest absolute Gasteiger partial charge is 0.454 e. The summed E-state index contributed by atoms with van der Waals surface area (Å²) in [6.45, 7) is 0. The van der Waals surface area contributed by atoms with E-state index in [0.29, 0.717) is 5.75 Å². The van der Waals surface area contributed by atoms with Crippen molar-refractivity contribution >= 4 is 0 Å². The molecule has 75 valence electrons. The Hall–Kier alpha value is -1.90. The second-order valence-electron chi connectivity index (χ2n) is 2.90. The van der Waals surface area contributed by atoms with Crippen molar-refractivity contribution in [2.75, 3.05) is 0 Å². The van der Waals surface area contributed by atoms with E-state index in [9.17, 15) is 8.78 Å². The molecule has 0 amide bonds. The van der Waals surface area contributed by atoms with Crippen molar-refractivity contribution in [3.8, 4) is 11.5 Å². The highest BCUT2D eigenvalue weighted by atomic mass is 19.1. The molecule has 2 rings (SSSR count). The fraction of sp³-hybridized carbons (Fsp3) is 0. The summed E-state index contributed by atoms with van der Waals surface area (Å²) in [5, 5.41) is 0. The van der Waals surface area contributed by atoms with E-state index in [-0.39, 0.29) is 11.6 Å². The van der Waals surface area contributed by atoms with E-state index in [4.69, 9.17) is 4.74 Å². The maximum atomic E-state index is 13.1. The lowest BCUT2D eigenvalue weighted by atomic mass is 10.3. The summed E-state index contributed by atoms with van der Waals surface area (Å²) in [5.74, 6) is -0.469. The van der Waals surface area contributed by atoms with Gasteiger partial charge in [0, 0.05) is 6.07 Å². The lowest BCUT2D eigenvalue weighted by molar-refractivity contribution is 0.440. The molecule has 0 unspecified atom stereocenters. The third-order valence-corrected chi connectivity index (χ3v) is 1.81. The first kappa shape index (κ1) is 9.65. The highest BCUT2D eigenvalue weighted by Crippen LogP contribution is 2.23. The van der Waals surface area contributed by atoms with Gasteiger partial charge in [0.25, 0.3) is 0 Å². The average molecular weight is 205 g/mol. The summed E-state index contributed by atoms with van der Waals surface area (Å²) in [6.07, 6.45) is 0. The smallest absolute Gasteiger partial charge is 0.173 e. The summed E-state index contributed by atoms with van der Waals surface area (Å²) in [7, 11) is 0. The number of rotatable bonds is 2. The minimum absolute atomic E-state index is 0.0732. The van der Waals surface area contributed by atoms with E-state index in [1.807, 2.05) is 0 Å². The van der Waals surface area contributed by atoms with Crippen molar-refractivity contribution in [2.24, 2.45) is 0 Å². The first-order valence-corrected chi connectivity index (χ1v) is 4.35. The number of ether oxygens (including phenoxy) is 1. The van der Waals surface area contributed by atoms with Gasteiger partial charge in [0.1, 0.15) is 11.6 Å². The molecule has 0 aliphatic heterocycles. The van der Waals surface area contributed by atoms with E-state index >= 15 is 0 Å². The number of benzene rings is 2. The number of hydrogen-bond acceptors (Lipinski definition) is 1. The van der Waals surface area contributed by atoms with Crippen LogP contribution < -0.4 is 4.74 Å². The Morgan fingerprint density at radius 3 is 2.40 bits per heavy atom. The minimum Gasteiger partial charge on any atom is -0.454 e. The van der Waals surface area contributed by atoms with Crippen LogP contribution in [0.25, 0.3) is 0 Å². The van der Waals surface area contributed by atoms with Crippen molar-refractivity contribution in [3.63, 3.8) is 0 Å². The van der Waals surface area contributed by atoms with Gasteiger partial charge >= 0.3 is 0 Å². The molecule has 0 heterocycles. The third-order valence-electron chi connectivity index (χ3n) is 1.81. The van der Waals surface area contributed by atoms with E-state index in [0.717, 1.165) is 0 Å². The SMILES string of the molecule is Fc1ccc(Oc2ccc[c]c2F)cc1. The zero-order valence-corrected chi connectivity index (χ0v) is 7.71. The van der Waals surface area contributed by atoms with Gasteiger partial charge in [0.15, 0.2) is 11.6 Å². The molecule has 15 heavy (non-hydrogen) atoms. The lowest BCUT2D eigenvalue weighted by Crippen LogP contribution is -1.87. The predicted molar refractivity (Wildman–Crippen MR) is 51.7 cm³/mol. The van der Waals surface area contributed by atoms with Gasteiger partial charge < -0.3 is 4.74 Å². The standard InChI is InChI=1S/C12H7F2O/c13-9-5-7-10(8-6-9)15-12-4-2-1-3-11(12)14/h1-2,4-8H. The summed E-state index contributed by atoms with van der Waals surface area (Å²) in [6, 6.07) is 12.3. The van der Waals surface area contributed by atoms with Crippen molar-refractivity contribution in [3.05, 3.63) is 60.2 Å². The summed E-state index contributed by atoms with van der Waals surface area (Å²) >= 11 is 0. The highest BCUT2D eigenvalue weighted by molar-refractivity contribution is 5.31. The topological polar surface area (TPSA) is 9.23 Å². The Balaban J connectivity index is 2.22. The molecule has 0 spiro atoms. The van der Waals surface area contributed by atoms with Gasteiger partial charge in [-0.05, 0) is 30.3 Å². The van der Waals surface area contributed by atoms with Gasteiger partial charge in [-0.15, -0.1) is 0 Å². The van der Waals surface area contributed by atoms with E-state index < -0.39 is 5.82 Å². The average Bonchev–Trinajstić information content (AvgIpc) is 2.25. The molecule has 0 aliphatic carbocycles. The monoisotopic (exact) mass is 205 g/mol. The molecular weight excluding hydrogens is 198 g/mol. The Labute approximate surface area is 85.9 Å². The first-order chi connectivity index (χ1) is 7.25. The van der Waals surface area contributed by atoms with Crippen LogP contribution in [0.5, 0.6) is 11.5 Å². The third kappa shape index (κ3) is 2.31. The molecule has 1 nitrogen and oxygen atoms in total. The minimum atomic E-state index is -0.568. The fourth-order valence-electron chi connectivity index (χ4n) is 1.11. The second kappa shape index (κ2) is 4.09. The van der Waals surface area contributed by atoms with E-state index in [1.165, 1.54) is 36.4 Å². The molecule has 0 aromatic heterocycles. The normalized spacial score (nSPS) is 10.0. The van der Waals surface area contributed by atoms with Gasteiger partial charge in [-0.25, -0.2) is 8.78 Å². The number of hydrogen-bond donors (Lipinski definition) is 0. The van der Waals surface area contributed by atoms with E-state index in [1.54, 1.807) is 6.07 Å². The van der Waals surface area contributed by atoms with Crippen molar-refractivity contribution < 1.29 is 13.5 Å². The first-order valence-electron chi connectivity index (χ1n) is 4.35. The summed E-state index contributed by atoms with van der Waals surface area (Å²) < 4.78 is 30.9. The maximum absolute atomic E-state index is 13.1. The molecule has 0 aliphatic rings. The molecule has 3 heteroatoms. The molecule has 0 bridgehead atoms. The van der Waals surface area contributed by atoms with Crippen LogP contribution in [0.4, 0.5) is 8.78 Å². The molecule has 0 N–H and O–H groups in total. The van der Waals surface area contributed by atoms with Crippen molar-refractivity contribution in [1.82, 2.24) is 0 Å². The Morgan fingerprint density at radius 1 is 1.00 bits per heavy atom. The van der Waals surface area contributed by atoms with Gasteiger partial charge in [-0.3, -0.25) is 0 Å². The Kier molecular flexibility index (Phi) is 2.63. The zero-order valence-electron chi connectivity index (χ0n) is 7.71. The molecule has 1 radical (unpaired) electrons. The van der Waals surface area contributed by atoms with Gasteiger partial charge in [-0.1, -0.05) is 12.1 Å². The summed E-state index contributed by atoms with van der Waals surface area (Å²) in [5.41, 5.74) is 0. The van der Waals surface area contributed by atoms with Crippen LogP contribution in [0.15, 0.2) is 42.5 Å². The summed E-state index contributed by atoms with van der Waals surface area (Å²) in [4.78, 5) is 0. The van der Waals surface area contributed by atoms with Crippen LogP contribution >= 0.6 is 0 Å². The highest BCUT2D eigenvalue weighted by Gasteiger charge is 2.03. The zero-order chi connectivity index (χ0) is 10.7. The van der Waals surface area contributed by atoms with Gasteiger partial charge in [-0.2, -0.15) is 0 Å². The van der Waals surface area contributed by atoms with Crippen LogP contribution in [0, 0.1) is 17.7 Å². The Morgan fingerprint density at radius 2 is 1.73 bits per heavy atom. The lowest BCUT2D eigenvalue weighted by Gasteiger charge is -2.05. The molecule has 0 saturated carbocycles. The maximum Gasteiger partial charge on any atom is 0.173 e. The second-order valence-corrected chi connectivity index (χ2v) is 2.90. The van der Waals surface area contributed by atoms with Crippen molar-refractivity contribution in [1.29, 1.82) is 0 Å². The molecular formula is C12H7F2O. The molecule has 0 fully saturated rings. The van der Waals surface area contributed by atoms with E-state index in [2.05, 4.69) is 6.07 Å². The van der Waals surface area contributed by atoms with Crippen molar-refractivity contribution in [2.45, 2.75) is 0 Å².